The van der Waals surface area contributed by atoms with Gasteiger partial charge in [0.15, 0.2) is 0 Å². The van der Waals surface area contributed by atoms with Crippen LogP contribution in [0.25, 0.3) is 0 Å². The Kier molecular flexibility index (Phi) is 7.53. The first-order chi connectivity index (χ1) is 11.7. The van der Waals surface area contributed by atoms with E-state index >= 15 is 0 Å². The highest BCUT2D eigenvalue weighted by molar-refractivity contribution is 5.93. The fourth-order valence-corrected chi connectivity index (χ4v) is 1.73. The van der Waals surface area contributed by atoms with Crippen LogP contribution >= 0.6 is 0 Å². The second-order valence-corrected chi connectivity index (χ2v) is 5.94. The highest BCUT2D eigenvalue weighted by atomic mass is 17.2. The third-order valence-electron chi connectivity index (χ3n) is 3.72. The zero-order valence-electron chi connectivity index (χ0n) is 14.4. The van der Waals surface area contributed by atoms with Crippen LogP contribution < -0.4 is 0 Å². The van der Waals surface area contributed by atoms with E-state index in [-0.39, 0.29) is 42.5 Å². The number of ether oxygens (including phenoxy) is 1. The second kappa shape index (κ2) is 9.14. The minimum absolute atomic E-state index is 0.0107. The number of hydrogen-bond acceptors (Lipinski definition) is 6. The maximum atomic E-state index is 11.7. The van der Waals surface area contributed by atoms with Gasteiger partial charge in [-0.25, -0.2) is 19.4 Å². The Morgan fingerprint density at radius 2 is 1.72 bits per heavy atom. The van der Waals surface area contributed by atoms with Gasteiger partial charge in [-0.2, -0.15) is 0 Å². The van der Waals surface area contributed by atoms with Crippen molar-refractivity contribution >= 4 is 17.9 Å². The number of carboxylic acid groups (broad SMARTS) is 2. The summed E-state index contributed by atoms with van der Waals surface area (Å²) in [6, 6.07) is 3.60. The van der Waals surface area contributed by atoms with Crippen LogP contribution in [0.3, 0.4) is 0 Å². The molecule has 0 radical (unpaired) electrons. The van der Waals surface area contributed by atoms with Crippen molar-refractivity contribution in [3.8, 4) is 0 Å². The lowest BCUT2D eigenvalue weighted by atomic mass is 9.91. The molecule has 8 nitrogen and oxygen atoms in total. The van der Waals surface area contributed by atoms with Gasteiger partial charge in [-0.05, 0) is 44.0 Å². The van der Waals surface area contributed by atoms with E-state index in [1.54, 1.807) is 13.8 Å². The van der Waals surface area contributed by atoms with Crippen molar-refractivity contribution in [2.45, 2.75) is 33.8 Å². The molecule has 2 N–H and O–H groups in total. The van der Waals surface area contributed by atoms with E-state index in [4.69, 9.17) is 24.7 Å². The topological polar surface area (TPSA) is 119 Å². The molecule has 0 aliphatic rings. The quantitative estimate of drug-likeness (QED) is 0.285. The Balaban J connectivity index is 2.48. The van der Waals surface area contributed by atoms with Crippen LogP contribution in [0, 0.1) is 5.41 Å². The molecular formula is C17H22O8. The first-order valence-electron chi connectivity index (χ1n) is 7.70. The lowest BCUT2D eigenvalue weighted by molar-refractivity contribution is -0.307. The number of hydrogen-bond donors (Lipinski definition) is 2. The second-order valence-electron chi connectivity index (χ2n) is 5.94. The molecule has 0 saturated carbocycles. The molecule has 1 aromatic rings. The summed E-state index contributed by atoms with van der Waals surface area (Å²) in [4.78, 5) is 43.6. The molecule has 1 aromatic carbocycles. The van der Waals surface area contributed by atoms with Crippen molar-refractivity contribution in [3.05, 3.63) is 34.9 Å². The number of carbonyl (C=O) groups is 3. The molecule has 0 aliphatic carbocycles. The van der Waals surface area contributed by atoms with Gasteiger partial charge in [0.1, 0.15) is 19.8 Å². The van der Waals surface area contributed by atoms with Gasteiger partial charge >= 0.3 is 17.9 Å². The zero-order valence-corrected chi connectivity index (χ0v) is 14.4. The summed E-state index contributed by atoms with van der Waals surface area (Å²) in [7, 11) is 0. The minimum Gasteiger partial charge on any atom is -0.478 e. The van der Waals surface area contributed by atoms with Crippen LogP contribution in [0.15, 0.2) is 18.2 Å². The molecule has 0 aliphatic heterocycles. The number of carbonyl (C=O) groups excluding carboxylic acids is 1. The predicted octanol–water partition coefficient (Wildman–Crippen LogP) is 2.51. The lowest BCUT2D eigenvalue weighted by Gasteiger charge is -2.20. The normalized spacial score (nSPS) is 11.2. The third-order valence-corrected chi connectivity index (χ3v) is 3.72. The largest absolute Gasteiger partial charge is 0.478 e. The molecule has 0 bridgehead atoms. The molecule has 0 heterocycles. The summed E-state index contributed by atoms with van der Waals surface area (Å²) in [5.41, 5.74) is -0.547. The smallest absolute Gasteiger partial charge is 0.336 e. The van der Waals surface area contributed by atoms with Crippen LogP contribution in [-0.4, -0.2) is 41.3 Å². The molecule has 8 heteroatoms. The lowest BCUT2D eigenvalue weighted by Crippen LogP contribution is -2.27. The molecule has 0 atom stereocenters. The molecule has 138 valence electrons. The fraction of sp³-hybridized carbons (Fsp3) is 0.471. The van der Waals surface area contributed by atoms with E-state index in [1.165, 1.54) is 18.2 Å². The van der Waals surface area contributed by atoms with Crippen LogP contribution in [0.2, 0.25) is 0 Å². The Morgan fingerprint density at radius 3 is 2.28 bits per heavy atom. The molecule has 0 saturated heterocycles. The van der Waals surface area contributed by atoms with Gasteiger partial charge in [0.2, 0.25) is 0 Å². The van der Waals surface area contributed by atoms with Crippen molar-refractivity contribution in [2.75, 3.05) is 13.2 Å². The van der Waals surface area contributed by atoms with E-state index < -0.39 is 17.4 Å². The Morgan fingerprint density at radius 1 is 1.04 bits per heavy atom. The molecule has 0 amide bonds. The summed E-state index contributed by atoms with van der Waals surface area (Å²) >= 11 is 0. The fourth-order valence-electron chi connectivity index (χ4n) is 1.73. The maximum Gasteiger partial charge on any atom is 0.336 e. The van der Waals surface area contributed by atoms with Gasteiger partial charge in [-0.15, -0.1) is 0 Å². The standard InChI is InChI=1S/C17H22O8/c1-4-17(2,3)16(22)23-7-8-24-25-10-12-9-11(14(18)19)5-6-13(12)15(20)21/h5-6,9H,4,7-8,10H2,1-3H3,(H,18,19)(H,20,21). The van der Waals surface area contributed by atoms with Gasteiger partial charge in [-0.1, -0.05) is 6.92 Å². The number of carboxylic acids is 2. The molecular weight excluding hydrogens is 332 g/mol. The predicted molar refractivity (Wildman–Crippen MR) is 86.1 cm³/mol. The van der Waals surface area contributed by atoms with Crippen LogP contribution in [0.1, 0.15) is 53.5 Å². The molecule has 0 unspecified atom stereocenters. The van der Waals surface area contributed by atoms with Gasteiger partial charge in [0.05, 0.1) is 16.5 Å². The van der Waals surface area contributed by atoms with Crippen LogP contribution in [-0.2, 0) is 25.9 Å². The summed E-state index contributed by atoms with van der Waals surface area (Å²) in [6.07, 6.45) is 0.640. The van der Waals surface area contributed by atoms with Crippen molar-refractivity contribution < 1.29 is 39.1 Å². The zero-order chi connectivity index (χ0) is 19.0. The van der Waals surface area contributed by atoms with Gasteiger partial charge in [0.25, 0.3) is 0 Å². The van der Waals surface area contributed by atoms with E-state index in [2.05, 4.69) is 0 Å². The first-order valence-corrected chi connectivity index (χ1v) is 7.70. The summed E-state index contributed by atoms with van der Waals surface area (Å²) in [6.45, 7) is 5.13. The van der Waals surface area contributed by atoms with E-state index in [9.17, 15) is 14.4 Å². The number of rotatable bonds is 10. The van der Waals surface area contributed by atoms with Crippen LogP contribution in [0.4, 0.5) is 0 Å². The van der Waals surface area contributed by atoms with Gasteiger partial charge < -0.3 is 14.9 Å². The third kappa shape index (κ3) is 6.17. The summed E-state index contributed by atoms with van der Waals surface area (Å²) in [5, 5.41) is 18.0. The molecule has 0 fully saturated rings. The maximum absolute atomic E-state index is 11.7. The van der Waals surface area contributed by atoms with Gasteiger partial charge in [0, 0.05) is 0 Å². The monoisotopic (exact) mass is 354 g/mol. The molecule has 25 heavy (non-hydrogen) atoms. The highest BCUT2D eigenvalue weighted by Gasteiger charge is 2.26. The van der Waals surface area contributed by atoms with Gasteiger partial charge in [-0.3, -0.25) is 4.79 Å². The summed E-state index contributed by atoms with van der Waals surface area (Å²) < 4.78 is 5.05. The number of benzene rings is 1. The Labute approximate surface area is 145 Å². The number of esters is 1. The average molecular weight is 354 g/mol. The SMILES string of the molecule is CCC(C)(C)C(=O)OCCOOCc1cc(C(=O)O)ccc1C(=O)O. The highest BCUT2D eigenvalue weighted by Crippen LogP contribution is 2.21. The summed E-state index contributed by atoms with van der Waals surface area (Å²) in [5.74, 6) is -2.73. The van der Waals surface area contributed by atoms with E-state index in [1.807, 2.05) is 6.92 Å². The van der Waals surface area contributed by atoms with E-state index in [0.29, 0.717) is 6.42 Å². The first kappa shape index (κ1) is 20.6. The van der Waals surface area contributed by atoms with Crippen molar-refractivity contribution in [1.82, 2.24) is 0 Å². The Bertz CT molecular complexity index is 636. The van der Waals surface area contributed by atoms with E-state index in [0.717, 1.165) is 0 Å². The van der Waals surface area contributed by atoms with Crippen molar-refractivity contribution in [1.29, 1.82) is 0 Å². The molecule has 0 aromatic heterocycles. The van der Waals surface area contributed by atoms with Crippen molar-refractivity contribution in [2.24, 2.45) is 5.41 Å². The van der Waals surface area contributed by atoms with Crippen molar-refractivity contribution in [3.63, 3.8) is 0 Å². The number of aromatic carboxylic acids is 2. The minimum atomic E-state index is -1.20. The Hall–Kier alpha value is -2.45. The average Bonchev–Trinajstić information content (AvgIpc) is 2.57. The van der Waals surface area contributed by atoms with Crippen LogP contribution in [0.5, 0.6) is 0 Å². The molecule has 0 spiro atoms. The molecule has 1 rings (SSSR count).